The lowest BCUT2D eigenvalue weighted by Gasteiger charge is -2.25. The van der Waals surface area contributed by atoms with Gasteiger partial charge in [-0.15, -0.1) is 0 Å². The predicted octanol–water partition coefficient (Wildman–Crippen LogP) is 2.83. The fourth-order valence-electron chi connectivity index (χ4n) is 4.72. The first-order valence-electron chi connectivity index (χ1n) is 8.30. The Balaban J connectivity index is 1.50. The molecule has 0 spiro atoms. The summed E-state index contributed by atoms with van der Waals surface area (Å²) in [5.41, 5.74) is 2.77. The van der Waals surface area contributed by atoms with E-state index in [2.05, 4.69) is 5.32 Å². The van der Waals surface area contributed by atoms with Crippen LogP contribution in [-0.4, -0.2) is 17.6 Å². The van der Waals surface area contributed by atoms with Crippen molar-refractivity contribution < 1.29 is 9.90 Å². The number of carbonyl (C=O) groups is 1. The molecule has 0 aromatic heterocycles. The van der Waals surface area contributed by atoms with E-state index in [-0.39, 0.29) is 5.91 Å². The number of fused-ring (bicyclic) bond motifs is 3. The first-order valence-corrected chi connectivity index (χ1v) is 8.30. The summed E-state index contributed by atoms with van der Waals surface area (Å²) in [7, 11) is 0. The van der Waals surface area contributed by atoms with E-state index >= 15 is 0 Å². The zero-order valence-electron chi connectivity index (χ0n) is 12.3. The summed E-state index contributed by atoms with van der Waals surface area (Å²) >= 11 is 0. The van der Waals surface area contributed by atoms with Crippen molar-refractivity contribution >= 4 is 5.91 Å². The van der Waals surface area contributed by atoms with Crippen LogP contribution in [0.15, 0.2) is 18.2 Å². The van der Waals surface area contributed by atoms with Gasteiger partial charge in [-0.25, -0.2) is 0 Å². The Hall–Kier alpha value is -1.35. The van der Waals surface area contributed by atoms with Crippen molar-refractivity contribution in [3.05, 3.63) is 34.9 Å². The maximum absolute atomic E-state index is 11.9. The molecular weight excluding hydrogens is 262 g/mol. The number of aliphatic hydroxyl groups excluding tert-OH is 1. The van der Waals surface area contributed by atoms with Gasteiger partial charge < -0.3 is 10.4 Å². The monoisotopic (exact) mass is 285 g/mol. The summed E-state index contributed by atoms with van der Waals surface area (Å²) in [6.45, 7) is 0.721. The summed E-state index contributed by atoms with van der Waals surface area (Å²) in [6.07, 6.45) is 6.77. The Labute approximate surface area is 125 Å². The van der Waals surface area contributed by atoms with Gasteiger partial charge in [-0.05, 0) is 67.1 Å². The Morgan fingerprint density at radius 3 is 2.95 bits per heavy atom. The number of hydrogen-bond acceptors (Lipinski definition) is 2. The highest BCUT2D eigenvalue weighted by molar-refractivity contribution is 5.96. The molecule has 2 N–H and O–H groups in total. The third-order valence-electron chi connectivity index (χ3n) is 5.85. The van der Waals surface area contributed by atoms with Crippen molar-refractivity contribution in [3.8, 4) is 0 Å². The second kappa shape index (κ2) is 5.13. The lowest BCUT2D eigenvalue weighted by Crippen LogP contribution is -2.32. The number of aliphatic hydroxyl groups is 1. The van der Waals surface area contributed by atoms with Gasteiger partial charge in [-0.2, -0.15) is 0 Å². The number of amides is 1. The second-order valence-corrected chi connectivity index (χ2v) is 7.11. The fraction of sp³-hybridized carbons (Fsp3) is 0.611. The van der Waals surface area contributed by atoms with Gasteiger partial charge in [-0.3, -0.25) is 4.79 Å². The van der Waals surface area contributed by atoms with Gasteiger partial charge in [0.05, 0.1) is 6.10 Å². The van der Waals surface area contributed by atoms with Crippen molar-refractivity contribution in [1.29, 1.82) is 0 Å². The molecule has 3 nitrogen and oxygen atoms in total. The smallest absolute Gasteiger partial charge is 0.251 e. The molecule has 3 heteroatoms. The molecular formula is C18H23NO2. The van der Waals surface area contributed by atoms with E-state index in [1.807, 2.05) is 18.2 Å². The number of benzene rings is 1. The second-order valence-electron chi connectivity index (χ2n) is 7.11. The van der Waals surface area contributed by atoms with Crippen LogP contribution in [0.25, 0.3) is 0 Å². The van der Waals surface area contributed by atoms with E-state index in [4.69, 9.17) is 0 Å². The number of carbonyl (C=O) groups excluding carboxylic acids is 1. The van der Waals surface area contributed by atoms with Gasteiger partial charge in [0.1, 0.15) is 0 Å². The van der Waals surface area contributed by atoms with Crippen LogP contribution in [0.4, 0.5) is 0 Å². The van der Waals surface area contributed by atoms with Gasteiger partial charge in [0.2, 0.25) is 0 Å². The SMILES string of the molecule is O=C1NCCc2ccc(C(O)CC3CC4CCC3C4)cc21. The van der Waals surface area contributed by atoms with E-state index in [1.165, 1.54) is 25.7 Å². The van der Waals surface area contributed by atoms with Crippen molar-refractivity contribution in [2.75, 3.05) is 6.54 Å². The highest BCUT2D eigenvalue weighted by Crippen LogP contribution is 2.50. The third-order valence-corrected chi connectivity index (χ3v) is 5.85. The van der Waals surface area contributed by atoms with Crippen LogP contribution >= 0.6 is 0 Å². The molecule has 21 heavy (non-hydrogen) atoms. The predicted molar refractivity (Wildman–Crippen MR) is 81.0 cm³/mol. The average Bonchev–Trinajstić information content (AvgIpc) is 3.10. The molecule has 2 fully saturated rings. The summed E-state index contributed by atoms with van der Waals surface area (Å²) < 4.78 is 0. The Morgan fingerprint density at radius 2 is 2.19 bits per heavy atom. The van der Waals surface area contributed by atoms with Crippen LogP contribution in [0.3, 0.4) is 0 Å². The Kier molecular flexibility index (Phi) is 3.26. The van der Waals surface area contributed by atoms with E-state index in [9.17, 15) is 9.90 Å². The Bertz CT molecular complexity index is 568. The largest absolute Gasteiger partial charge is 0.388 e. The minimum Gasteiger partial charge on any atom is -0.388 e. The molecule has 2 saturated carbocycles. The lowest BCUT2D eigenvalue weighted by molar-refractivity contribution is 0.0945. The molecule has 2 aliphatic carbocycles. The number of nitrogens with one attached hydrogen (secondary N) is 1. The molecule has 1 aromatic carbocycles. The summed E-state index contributed by atoms with van der Waals surface area (Å²) in [6, 6.07) is 5.93. The molecule has 0 saturated heterocycles. The fourth-order valence-corrected chi connectivity index (χ4v) is 4.72. The number of hydrogen-bond donors (Lipinski definition) is 2. The highest BCUT2D eigenvalue weighted by atomic mass is 16.3. The topological polar surface area (TPSA) is 49.3 Å². The summed E-state index contributed by atoms with van der Waals surface area (Å²) in [4.78, 5) is 11.9. The standard InChI is InChI=1S/C18H23NO2/c20-17(10-15-8-11-1-2-13(15)7-11)14-4-3-12-5-6-19-18(21)16(12)9-14/h3-4,9,11,13,15,17,20H,1-2,5-8,10H2,(H,19,21). The van der Waals surface area contributed by atoms with Crippen molar-refractivity contribution in [1.82, 2.24) is 5.32 Å². The van der Waals surface area contributed by atoms with Gasteiger partial charge >= 0.3 is 0 Å². The molecule has 3 aliphatic rings. The zero-order valence-corrected chi connectivity index (χ0v) is 12.3. The number of rotatable bonds is 3. The van der Waals surface area contributed by atoms with Crippen LogP contribution in [0.1, 0.15) is 59.7 Å². The van der Waals surface area contributed by atoms with Crippen LogP contribution in [0.5, 0.6) is 0 Å². The molecule has 0 radical (unpaired) electrons. The maximum Gasteiger partial charge on any atom is 0.251 e. The molecule has 1 heterocycles. The van der Waals surface area contributed by atoms with Crippen LogP contribution < -0.4 is 5.32 Å². The molecule has 1 aliphatic heterocycles. The van der Waals surface area contributed by atoms with E-state index in [0.717, 1.165) is 47.9 Å². The van der Waals surface area contributed by atoms with Crippen molar-refractivity contribution in [3.63, 3.8) is 0 Å². The molecule has 2 bridgehead atoms. The van der Waals surface area contributed by atoms with Crippen molar-refractivity contribution in [2.24, 2.45) is 17.8 Å². The van der Waals surface area contributed by atoms with Crippen molar-refractivity contribution in [2.45, 2.75) is 44.6 Å². The van der Waals surface area contributed by atoms with Gasteiger partial charge in [-0.1, -0.05) is 18.6 Å². The van der Waals surface area contributed by atoms with E-state index in [0.29, 0.717) is 5.92 Å². The molecule has 4 atom stereocenters. The summed E-state index contributed by atoms with van der Waals surface area (Å²) in [5.74, 6) is 2.45. The third kappa shape index (κ3) is 2.38. The average molecular weight is 285 g/mol. The minimum atomic E-state index is -0.422. The van der Waals surface area contributed by atoms with Gasteiger partial charge in [0.25, 0.3) is 5.91 Å². The Morgan fingerprint density at radius 1 is 1.29 bits per heavy atom. The first-order chi connectivity index (χ1) is 10.2. The highest BCUT2D eigenvalue weighted by Gasteiger charge is 2.40. The lowest BCUT2D eigenvalue weighted by atomic mass is 9.83. The maximum atomic E-state index is 11.9. The normalized spacial score (nSPS) is 31.9. The van der Waals surface area contributed by atoms with Crippen LogP contribution in [0.2, 0.25) is 0 Å². The van der Waals surface area contributed by atoms with Crippen LogP contribution in [0, 0.1) is 17.8 Å². The quantitative estimate of drug-likeness (QED) is 0.897. The summed E-state index contributed by atoms with van der Waals surface area (Å²) in [5, 5.41) is 13.4. The van der Waals surface area contributed by atoms with Crippen LogP contribution in [-0.2, 0) is 6.42 Å². The molecule has 1 amide bonds. The van der Waals surface area contributed by atoms with E-state index < -0.39 is 6.10 Å². The zero-order chi connectivity index (χ0) is 14.4. The molecule has 1 aromatic rings. The van der Waals surface area contributed by atoms with Gasteiger partial charge in [0, 0.05) is 12.1 Å². The first kappa shape index (κ1) is 13.3. The van der Waals surface area contributed by atoms with E-state index in [1.54, 1.807) is 0 Å². The van der Waals surface area contributed by atoms with Gasteiger partial charge in [0.15, 0.2) is 0 Å². The molecule has 4 unspecified atom stereocenters. The molecule has 112 valence electrons. The molecule has 4 rings (SSSR count). The minimum absolute atomic E-state index is 0.00484.